The molecule has 0 rings (SSSR count). The fourth-order valence-corrected chi connectivity index (χ4v) is 1.59. The maximum Gasteiger partial charge on any atom is 0.317 e. The number of rotatable bonds is 7. The third kappa shape index (κ3) is 6.11. The van der Waals surface area contributed by atoms with Gasteiger partial charge >= 0.3 is 12.0 Å². The third-order valence-corrected chi connectivity index (χ3v) is 2.39. The molecular formula is C11H22N2O4. The van der Waals surface area contributed by atoms with Crippen LogP contribution in [0.1, 0.15) is 27.2 Å². The molecule has 0 aliphatic heterocycles. The summed E-state index contributed by atoms with van der Waals surface area (Å²) >= 11 is 0. The number of nitrogens with zero attached hydrogens (tertiary/aromatic N) is 1. The van der Waals surface area contributed by atoms with Gasteiger partial charge in [0, 0.05) is 19.7 Å². The Morgan fingerprint density at radius 1 is 1.41 bits per heavy atom. The van der Waals surface area contributed by atoms with Gasteiger partial charge in [0.1, 0.15) is 0 Å². The van der Waals surface area contributed by atoms with E-state index in [0.29, 0.717) is 13.2 Å². The molecule has 6 heteroatoms. The van der Waals surface area contributed by atoms with Gasteiger partial charge in [-0.2, -0.15) is 0 Å². The van der Waals surface area contributed by atoms with Gasteiger partial charge in [-0.15, -0.1) is 0 Å². The highest BCUT2D eigenvalue weighted by molar-refractivity contribution is 5.76. The first-order valence-electron chi connectivity index (χ1n) is 5.70. The molecule has 0 bridgehead atoms. The normalized spacial score (nSPS) is 13.9. The molecule has 0 spiro atoms. The van der Waals surface area contributed by atoms with Crippen molar-refractivity contribution in [3.8, 4) is 0 Å². The maximum atomic E-state index is 11.8. The zero-order chi connectivity index (χ0) is 13.4. The van der Waals surface area contributed by atoms with Gasteiger partial charge in [0.25, 0.3) is 0 Å². The van der Waals surface area contributed by atoms with Crippen LogP contribution in [-0.4, -0.2) is 54.4 Å². The lowest BCUT2D eigenvalue weighted by Gasteiger charge is -2.28. The van der Waals surface area contributed by atoms with E-state index in [1.54, 1.807) is 18.9 Å². The van der Waals surface area contributed by atoms with Crippen molar-refractivity contribution in [3.63, 3.8) is 0 Å². The van der Waals surface area contributed by atoms with Crippen LogP contribution in [0.15, 0.2) is 0 Å². The molecule has 0 aromatic heterocycles. The van der Waals surface area contributed by atoms with E-state index in [1.807, 2.05) is 13.8 Å². The maximum absolute atomic E-state index is 11.8. The summed E-state index contributed by atoms with van der Waals surface area (Å²) in [5, 5.41) is 11.3. The van der Waals surface area contributed by atoms with Crippen molar-refractivity contribution in [2.24, 2.45) is 0 Å². The number of amides is 2. The summed E-state index contributed by atoms with van der Waals surface area (Å²) in [5.74, 6) is -0.925. The van der Waals surface area contributed by atoms with Crippen molar-refractivity contribution in [2.45, 2.75) is 39.3 Å². The number of carboxylic acid groups (broad SMARTS) is 1. The summed E-state index contributed by atoms with van der Waals surface area (Å²) in [5.41, 5.74) is 0. The number of methoxy groups -OCH3 is 1. The van der Waals surface area contributed by atoms with Crippen LogP contribution in [0.25, 0.3) is 0 Å². The number of ether oxygens (including phenoxy) is 1. The molecule has 17 heavy (non-hydrogen) atoms. The summed E-state index contributed by atoms with van der Waals surface area (Å²) in [6.07, 6.45) is -0.0814. The summed E-state index contributed by atoms with van der Waals surface area (Å²) < 4.78 is 4.99. The molecule has 2 amide bonds. The number of nitrogens with one attached hydrogen (secondary N) is 1. The second-order valence-corrected chi connectivity index (χ2v) is 4.04. The molecule has 2 unspecified atom stereocenters. The molecule has 0 aromatic carbocycles. The quantitative estimate of drug-likeness (QED) is 0.700. The van der Waals surface area contributed by atoms with Gasteiger partial charge in [0.2, 0.25) is 0 Å². The lowest BCUT2D eigenvalue weighted by Crippen LogP contribution is -2.49. The summed E-state index contributed by atoms with van der Waals surface area (Å²) in [6, 6.07) is -0.684. The standard InChI is InChI=1S/C11H22N2O4/c1-5-13(9(3)7-17-4)11(16)12-8(2)6-10(14)15/h8-9H,5-7H2,1-4H3,(H,12,16)(H,14,15). The summed E-state index contributed by atoms with van der Waals surface area (Å²) in [6.45, 7) is 6.42. The van der Waals surface area contributed by atoms with Crippen LogP contribution in [-0.2, 0) is 9.53 Å². The Hall–Kier alpha value is -1.30. The third-order valence-electron chi connectivity index (χ3n) is 2.39. The van der Waals surface area contributed by atoms with Crippen molar-refractivity contribution in [1.82, 2.24) is 10.2 Å². The topological polar surface area (TPSA) is 78.9 Å². The lowest BCUT2D eigenvalue weighted by atomic mass is 10.2. The molecule has 6 nitrogen and oxygen atoms in total. The Morgan fingerprint density at radius 2 is 2.00 bits per heavy atom. The SMILES string of the molecule is CCN(C(=O)NC(C)CC(=O)O)C(C)COC. The average molecular weight is 246 g/mol. The fourth-order valence-electron chi connectivity index (χ4n) is 1.59. The van der Waals surface area contributed by atoms with Crippen molar-refractivity contribution in [3.05, 3.63) is 0 Å². The van der Waals surface area contributed by atoms with Gasteiger partial charge in [0.05, 0.1) is 19.1 Å². The minimum absolute atomic E-state index is 0.0398. The van der Waals surface area contributed by atoms with Gasteiger partial charge in [-0.1, -0.05) is 0 Å². The van der Waals surface area contributed by atoms with Crippen LogP contribution in [0, 0.1) is 0 Å². The Morgan fingerprint density at radius 3 is 2.41 bits per heavy atom. The van der Waals surface area contributed by atoms with Gasteiger partial charge in [-0.3, -0.25) is 4.79 Å². The number of carbonyl (C=O) groups excluding carboxylic acids is 1. The first-order chi connectivity index (χ1) is 7.92. The molecule has 2 atom stereocenters. The van der Waals surface area contributed by atoms with E-state index >= 15 is 0 Å². The molecule has 100 valence electrons. The number of urea groups is 1. The number of likely N-dealkylation sites (N-methyl/N-ethyl adjacent to an activating group) is 1. The van der Waals surface area contributed by atoms with E-state index < -0.39 is 5.97 Å². The molecule has 0 aliphatic carbocycles. The van der Waals surface area contributed by atoms with Crippen LogP contribution in [0.5, 0.6) is 0 Å². The summed E-state index contributed by atoms with van der Waals surface area (Å²) in [7, 11) is 1.58. The zero-order valence-electron chi connectivity index (χ0n) is 10.9. The van der Waals surface area contributed by atoms with E-state index in [-0.39, 0.29) is 24.5 Å². The minimum Gasteiger partial charge on any atom is -0.481 e. The Bertz CT molecular complexity index is 258. The van der Waals surface area contributed by atoms with Crippen molar-refractivity contribution >= 4 is 12.0 Å². The van der Waals surface area contributed by atoms with E-state index in [4.69, 9.17) is 9.84 Å². The van der Waals surface area contributed by atoms with Gasteiger partial charge in [-0.25, -0.2) is 4.79 Å². The van der Waals surface area contributed by atoms with E-state index in [1.165, 1.54) is 0 Å². The molecule has 0 heterocycles. The van der Waals surface area contributed by atoms with Crippen LogP contribution < -0.4 is 5.32 Å². The molecule has 0 aliphatic rings. The minimum atomic E-state index is -0.925. The van der Waals surface area contributed by atoms with Gasteiger partial charge in [-0.05, 0) is 20.8 Å². The molecule has 0 fully saturated rings. The molecule has 0 saturated carbocycles. The smallest absolute Gasteiger partial charge is 0.317 e. The molecule has 0 aromatic rings. The monoisotopic (exact) mass is 246 g/mol. The van der Waals surface area contributed by atoms with Crippen molar-refractivity contribution in [2.75, 3.05) is 20.3 Å². The number of carbonyl (C=O) groups is 2. The highest BCUT2D eigenvalue weighted by atomic mass is 16.5. The second-order valence-electron chi connectivity index (χ2n) is 4.04. The van der Waals surface area contributed by atoms with Crippen LogP contribution in [0.4, 0.5) is 4.79 Å². The van der Waals surface area contributed by atoms with E-state index in [9.17, 15) is 9.59 Å². The van der Waals surface area contributed by atoms with Crippen LogP contribution >= 0.6 is 0 Å². The highest BCUT2D eigenvalue weighted by Gasteiger charge is 2.20. The molecular weight excluding hydrogens is 224 g/mol. The van der Waals surface area contributed by atoms with E-state index in [2.05, 4.69) is 5.32 Å². The van der Waals surface area contributed by atoms with Crippen molar-refractivity contribution in [1.29, 1.82) is 0 Å². The highest BCUT2D eigenvalue weighted by Crippen LogP contribution is 2.01. The Labute approximate surface area is 102 Å². The Kier molecular flexibility index (Phi) is 7.29. The number of aliphatic carboxylic acids is 1. The average Bonchev–Trinajstić information content (AvgIpc) is 2.17. The van der Waals surface area contributed by atoms with Gasteiger partial charge < -0.3 is 20.1 Å². The number of hydrogen-bond acceptors (Lipinski definition) is 3. The number of hydrogen-bond donors (Lipinski definition) is 2. The zero-order valence-corrected chi connectivity index (χ0v) is 10.9. The van der Waals surface area contributed by atoms with Crippen LogP contribution in [0.3, 0.4) is 0 Å². The Balaban J connectivity index is 4.29. The van der Waals surface area contributed by atoms with Crippen molar-refractivity contribution < 1.29 is 19.4 Å². The summed E-state index contributed by atoms with van der Waals surface area (Å²) in [4.78, 5) is 23.9. The number of carboxylic acids is 1. The fraction of sp³-hybridized carbons (Fsp3) is 0.818. The molecule has 2 N–H and O–H groups in total. The van der Waals surface area contributed by atoms with Crippen LogP contribution in [0.2, 0.25) is 0 Å². The first kappa shape index (κ1) is 15.7. The van der Waals surface area contributed by atoms with Gasteiger partial charge in [0.15, 0.2) is 0 Å². The molecule has 0 saturated heterocycles. The largest absolute Gasteiger partial charge is 0.481 e. The second kappa shape index (κ2) is 7.89. The van der Waals surface area contributed by atoms with E-state index in [0.717, 1.165) is 0 Å². The lowest BCUT2D eigenvalue weighted by molar-refractivity contribution is -0.137. The first-order valence-corrected chi connectivity index (χ1v) is 5.70. The molecule has 0 radical (unpaired) electrons. The predicted molar refractivity (Wildman–Crippen MR) is 64.0 cm³/mol. The predicted octanol–water partition coefficient (Wildman–Crippen LogP) is 0.916.